The third-order valence-electron chi connectivity index (χ3n) is 5.23. The number of rotatable bonds is 6. The maximum Gasteiger partial charge on any atom is 0.228 e. The highest BCUT2D eigenvalue weighted by Crippen LogP contribution is 2.24. The SMILES string of the molecule is COc1ccc(C(C)=O)cc1CC(=O)N1CCC(C(=O)Nc2ccc(Br)cn2)CC1. The molecule has 0 unspecified atom stereocenters. The number of carbonyl (C=O) groups is 3. The van der Waals surface area contributed by atoms with Gasteiger partial charge in [0.1, 0.15) is 11.6 Å². The molecular formula is C22H24BrN3O4. The Morgan fingerprint density at radius 2 is 1.93 bits per heavy atom. The minimum Gasteiger partial charge on any atom is -0.496 e. The van der Waals surface area contributed by atoms with Crippen LogP contribution in [0.15, 0.2) is 41.0 Å². The Morgan fingerprint density at radius 3 is 2.53 bits per heavy atom. The Hall–Kier alpha value is -2.74. The molecule has 2 amide bonds. The summed E-state index contributed by atoms with van der Waals surface area (Å²) in [6, 6.07) is 8.68. The van der Waals surface area contributed by atoms with Crippen LogP contribution in [0.2, 0.25) is 0 Å². The highest BCUT2D eigenvalue weighted by atomic mass is 79.9. The lowest BCUT2D eigenvalue weighted by Crippen LogP contribution is -2.42. The van der Waals surface area contributed by atoms with Crippen LogP contribution in [-0.2, 0) is 16.0 Å². The van der Waals surface area contributed by atoms with Gasteiger partial charge in [-0.15, -0.1) is 0 Å². The molecule has 1 aliphatic rings. The summed E-state index contributed by atoms with van der Waals surface area (Å²) in [5.74, 6) is 0.771. The van der Waals surface area contributed by atoms with Crippen LogP contribution in [0.5, 0.6) is 5.75 Å². The van der Waals surface area contributed by atoms with Crippen LogP contribution in [-0.4, -0.2) is 47.7 Å². The first-order chi connectivity index (χ1) is 14.4. The van der Waals surface area contributed by atoms with E-state index < -0.39 is 0 Å². The van der Waals surface area contributed by atoms with Gasteiger partial charge in [0.2, 0.25) is 11.8 Å². The number of ketones is 1. The van der Waals surface area contributed by atoms with Crippen molar-refractivity contribution in [3.63, 3.8) is 0 Å². The standard InChI is InChI=1S/C22H24BrN3O4/c1-14(27)16-3-5-19(30-2)17(11-16)12-21(28)26-9-7-15(8-10-26)22(29)25-20-6-4-18(23)13-24-20/h3-6,11,13,15H,7-10,12H2,1-2H3,(H,24,25,29). The third-order valence-corrected chi connectivity index (χ3v) is 5.69. The van der Waals surface area contributed by atoms with Crippen molar-refractivity contribution in [1.82, 2.24) is 9.88 Å². The van der Waals surface area contributed by atoms with E-state index in [1.165, 1.54) is 6.92 Å². The summed E-state index contributed by atoms with van der Waals surface area (Å²) in [5, 5.41) is 2.83. The van der Waals surface area contributed by atoms with Crippen molar-refractivity contribution >= 4 is 39.3 Å². The Balaban J connectivity index is 1.56. The molecule has 0 radical (unpaired) electrons. The van der Waals surface area contributed by atoms with Crippen molar-refractivity contribution in [2.24, 2.45) is 5.92 Å². The van der Waals surface area contributed by atoms with E-state index in [9.17, 15) is 14.4 Å². The molecule has 158 valence electrons. The number of aromatic nitrogens is 1. The summed E-state index contributed by atoms with van der Waals surface area (Å²) >= 11 is 3.31. The van der Waals surface area contributed by atoms with Crippen molar-refractivity contribution in [3.8, 4) is 5.75 Å². The zero-order valence-electron chi connectivity index (χ0n) is 17.0. The average molecular weight is 474 g/mol. The molecule has 0 saturated carbocycles. The lowest BCUT2D eigenvalue weighted by molar-refractivity contribution is -0.133. The number of Topliss-reactive ketones (excluding diaryl/α,β-unsaturated/α-hetero) is 1. The fourth-order valence-electron chi connectivity index (χ4n) is 3.48. The summed E-state index contributed by atoms with van der Waals surface area (Å²) < 4.78 is 6.18. The van der Waals surface area contributed by atoms with E-state index in [-0.39, 0.29) is 29.9 Å². The number of piperidine rings is 1. The second kappa shape index (κ2) is 9.84. The van der Waals surface area contributed by atoms with Crippen molar-refractivity contribution in [2.45, 2.75) is 26.2 Å². The smallest absolute Gasteiger partial charge is 0.228 e. The normalized spacial score (nSPS) is 14.3. The van der Waals surface area contributed by atoms with Gasteiger partial charge in [0, 0.05) is 40.8 Å². The molecule has 8 heteroatoms. The van der Waals surface area contributed by atoms with Crippen LogP contribution in [0, 0.1) is 5.92 Å². The van der Waals surface area contributed by atoms with Gasteiger partial charge in [-0.25, -0.2) is 4.98 Å². The summed E-state index contributed by atoms with van der Waals surface area (Å²) in [7, 11) is 1.54. The Kier molecular flexibility index (Phi) is 7.20. The van der Waals surface area contributed by atoms with Crippen molar-refractivity contribution in [1.29, 1.82) is 0 Å². The van der Waals surface area contributed by atoms with Crippen LogP contribution < -0.4 is 10.1 Å². The van der Waals surface area contributed by atoms with Crippen LogP contribution >= 0.6 is 15.9 Å². The highest BCUT2D eigenvalue weighted by molar-refractivity contribution is 9.10. The molecule has 1 aromatic carbocycles. The van der Waals surface area contributed by atoms with Gasteiger partial charge >= 0.3 is 0 Å². The van der Waals surface area contributed by atoms with Crippen LogP contribution in [0.3, 0.4) is 0 Å². The maximum absolute atomic E-state index is 12.8. The lowest BCUT2D eigenvalue weighted by Gasteiger charge is -2.31. The number of pyridine rings is 1. The zero-order chi connectivity index (χ0) is 21.7. The topological polar surface area (TPSA) is 88.6 Å². The van der Waals surface area contributed by atoms with Crippen LogP contribution in [0.4, 0.5) is 5.82 Å². The molecule has 1 aromatic heterocycles. The molecule has 2 heterocycles. The first kappa shape index (κ1) is 22.0. The molecule has 1 N–H and O–H groups in total. The summed E-state index contributed by atoms with van der Waals surface area (Å²) in [6.45, 7) is 2.52. The van der Waals surface area contributed by atoms with Gasteiger partial charge in [-0.3, -0.25) is 14.4 Å². The Bertz CT molecular complexity index is 938. The molecule has 0 bridgehead atoms. The quantitative estimate of drug-likeness (QED) is 0.648. The minimum absolute atomic E-state index is 0.0394. The van der Waals surface area contributed by atoms with E-state index in [0.717, 1.165) is 4.47 Å². The molecule has 3 rings (SSSR count). The second-order valence-electron chi connectivity index (χ2n) is 7.27. The first-order valence-corrected chi connectivity index (χ1v) is 10.5. The average Bonchev–Trinajstić information content (AvgIpc) is 2.75. The third kappa shape index (κ3) is 5.44. The molecule has 2 aromatic rings. The van der Waals surface area contributed by atoms with Crippen molar-refractivity contribution in [3.05, 3.63) is 52.1 Å². The molecule has 1 saturated heterocycles. The zero-order valence-corrected chi connectivity index (χ0v) is 18.6. The Labute approximate surface area is 183 Å². The number of hydrogen-bond donors (Lipinski definition) is 1. The molecule has 1 aliphatic heterocycles. The van der Waals surface area contributed by atoms with E-state index in [1.807, 2.05) is 6.07 Å². The fraction of sp³-hybridized carbons (Fsp3) is 0.364. The van der Waals surface area contributed by atoms with E-state index in [4.69, 9.17) is 4.74 Å². The number of nitrogens with one attached hydrogen (secondary N) is 1. The number of benzene rings is 1. The van der Waals surface area contributed by atoms with Gasteiger partial charge in [0.05, 0.1) is 13.5 Å². The molecule has 0 atom stereocenters. The van der Waals surface area contributed by atoms with E-state index >= 15 is 0 Å². The number of amides is 2. The molecule has 7 nitrogen and oxygen atoms in total. The number of ether oxygens (including phenoxy) is 1. The van der Waals surface area contributed by atoms with Crippen molar-refractivity contribution in [2.75, 3.05) is 25.5 Å². The van der Waals surface area contributed by atoms with E-state index in [2.05, 4.69) is 26.2 Å². The molecular weight excluding hydrogens is 450 g/mol. The van der Waals surface area contributed by atoms with Gasteiger partial charge < -0.3 is 15.0 Å². The fourth-order valence-corrected chi connectivity index (χ4v) is 3.71. The molecule has 0 spiro atoms. The van der Waals surface area contributed by atoms with Gasteiger partial charge in [-0.05, 0) is 66.0 Å². The summed E-state index contributed by atoms with van der Waals surface area (Å²) in [5.41, 5.74) is 1.24. The molecule has 30 heavy (non-hydrogen) atoms. The predicted octanol–water partition coefficient (Wildman–Crippen LogP) is 3.48. The molecule has 0 aliphatic carbocycles. The largest absolute Gasteiger partial charge is 0.496 e. The Morgan fingerprint density at radius 1 is 1.20 bits per heavy atom. The molecule has 1 fully saturated rings. The van der Waals surface area contributed by atoms with Crippen molar-refractivity contribution < 1.29 is 19.1 Å². The predicted molar refractivity (Wildman–Crippen MR) is 117 cm³/mol. The highest BCUT2D eigenvalue weighted by Gasteiger charge is 2.28. The number of carbonyl (C=O) groups excluding carboxylic acids is 3. The summed E-state index contributed by atoms with van der Waals surface area (Å²) in [4.78, 5) is 42.9. The number of methoxy groups -OCH3 is 1. The van der Waals surface area contributed by atoms with Gasteiger partial charge in [-0.2, -0.15) is 0 Å². The number of likely N-dealkylation sites (tertiary alicyclic amines) is 1. The number of nitrogens with zero attached hydrogens (tertiary/aromatic N) is 2. The number of hydrogen-bond acceptors (Lipinski definition) is 5. The van der Waals surface area contributed by atoms with Gasteiger partial charge in [0.15, 0.2) is 5.78 Å². The van der Waals surface area contributed by atoms with Crippen LogP contribution in [0.1, 0.15) is 35.7 Å². The number of anilines is 1. The van der Waals surface area contributed by atoms with Crippen LogP contribution in [0.25, 0.3) is 0 Å². The minimum atomic E-state index is -0.157. The second-order valence-corrected chi connectivity index (χ2v) is 8.18. The van der Waals surface area contributed by atoms with Gasteiger partial charge in [0.25, 0.3) is 0 Å². The summed E-state index contributed by atoms with van der Waals surface area (Å²) in [6.07, 6.45) is 2.98. The van der Waals surface area contributed by atoms with E-state index in [0.29, 0.717) is 48.6 Å². The number of halogens is 1. The maximum atomic E-state index is 12.8. The van der Waals surface area contributed by atoms with E-state index in [1.54, 1.807) is 42.5 Å². The first-order valence-electron chi connectivity index (χ1n) is 9.75. The van der Waals surface area contributed by atoms with Gasteiger partial charge in [-0.1, -0.05) is 0 Å². The lowest BCUT2D eigenvalue weighted by atomic mass is 9.95. The monoisotopic (exact) mass is 473 g/mol.